The highest BCUT2D eigenvalue weighted by Gasteiger charge is 2.38. The van der Waals surface area contributed by atoms with E-state index in [-0.39, 0.29) is 11.5 Å². The van der Waals surface area contributed by atoms with Crippen LogP contribution in [-0.4, -0.2) is 48.6 Å². The number of ether oxygens (including phenoxy) is 1. The first-order valence-corrected chi connectivity index (χ1v) is 11.4. The van der Waals surface area contributed by atoms with Gasteiger partial charge in [-0.1, -0.05) is 59.6 Å². The fraction of sp³-hybridized carbons (Fsp3) is 0.269. The maximum Gasteiger partial charge on any atom is 0.374 e. The van der Waals surface area contributed by atoms with Crippen LogP contribution in [0.2, 0.25) is 10.0 Å². The molecule has 8 heteroatoms. The Labute approximate surface area is 207 Å². The van der Waals surface area contributed by atoms with Crippen LogP contribution in [0.1, 0.15) is 22.6 Å². The highest BCUT2D eigenvalue weighted by molar-refractivity contribution is 6.30. The van der Waals surface area contributed by atoms with E-state index in [0.29, 0.717) is 28.9 Å². The molecule has 0 aliphatic carbocycles. The molecule has 0 unspecified atom stereocenters. The van der Waals surface area contributed by atoms with Gasteiger partial charge in [0.05, 0.1) is 0 Å². The Morgan fingerprint density at radius 3 is 1.91 bits per heavy atom. The molecule has 180 valence electrons. The third-order valence-electron chi connectivity index (χ3n) is 5.44. The van der Waals surface area contributed by atoms with E-state index in [1.54, 1.807) is 12.1 Å². The number of alkyl halides is 2. The van der Waals surface area contributed by atoms with Crippen molar-refractivity contribution >= 4 is 29.2 Å². The standard InChI is InChI=1S/C26H25Cl2F2NO3/c1-31(14-15-34-23-12-2-18(3-13-23)16-26(29,30)25(32)33)17-24(19-4-8-21(27)9-5-19)20-6-10-22(28)11-7-20/h2-13,24H,14-17H2,1H3,(H,32,33). The number of benzene rings is 3. The van der Waals surface area contributed by atoms with Gasteiger partial charge < -0.3 is 14.7 Å². The Bertz CT molecular complexity index is 1030. The van der Waals surface area contributed by atoms with E-state index < -0.39 is 18.3 Å². The molecule has 0 aliphatic rings. The Hall–Kier alpha value is -2.67. The van der Waals surface area contributed by atoms with Gasteiger partial charge in [-0.05, 0) is 60.1 Å². The van der Waals surface area contributed by atoms with E-state index in [4.69, 9.17) is 33.0 Å². The molecular weight excluding hydrogens is 483 g/mol. The van der Waals surface area contributed by atoms with Crippen molar-refractivity contribution in [1.82, 2.24) is 4.90 Å². The fourth-order valence-corrected chi connectivity index (χ4v) is 3.80. The molecule has 0 atom stereocenters. The molecule has 34 heavy (non-hydrogen) atoms. The Kier molecular flexibility index (Phi) is 8.89. The van der Waals surface area contributed by atoms with Crippen molar-refractivity contribution in [3.05, 3.63) is 99.5 Å². The van der Waals surface area contributed by atoms with E-state index in [2.05, 4.69) is 4.90 Å². The Balaban J connectivity index is 1.57. The molecule has 0 heterocycles. The zero-order valence-corrected chi connectivity index (χ0v) is 20.1. The molecule has 1 N–H and O–H groups in total. The number of halogens is 4. The maximum absolute atomic E-state index is 13.4. The first-order valence-electron chi connectivity index (χ1n) is 10.7. The Morgan fingerprint density at radius 1 is 0.941 bits per heavy atom. The summed E-state index contributed by atoms with van der Waals surface area (Å²) in [4.78, 5) is 12.7. The maximum atomic E-state index is 13.4. The number of carboxylic acid groups (broad SMARTS) is 1. The second kappa shape index (κ2) is 11.6. The van der Waals surface area contributed by atoms with Crippen LogP contribution < -0.4 is 4.74 Å². The minimum Gasteiger partial charge on any atom is -0.492 e. The van der Waals surface area contributed by atoms with Crippen molar-refractivity contribution < 1.29 is 23.4 Å². The summed E-state index contributed by atoms with van der Waals surface area (Å²) in [5.74, 6) is -5.29. The van der Waals surface area contributed by atoms with Crippen LogP contribution in [0.4, 0.5) is 8.78 Å². The summed E-state index contributed by atoms with van der Waals surface area (Å²) in [7, 11) is 2.00. The third-order valence-corrected chi connectivity index (χ3v) is 5.95. The number of aliphatic carboxylic acids is 1. The largest absolute Gasteiger partial charge is 0.492 e. The van der Waals surface area contributed by atoms with Crippen LogP contribution in [0, 0.1) is 0 Å². The molecule has 0 aromatic heterocycles. The molecule has 3 rings (SSSR count). The van der Waals surface area contributed by atoms with Crippen LogP contribution in [-0.2, 0) is 11.2 Å². The van der Waals surface area contributed by atoms with E-state index >= 15 is 0 Å². The van der Waals surface area contributed by atoms with Crippen LogP contribution in [0.3, 0.4) is 0 Å². The van der Waals surface area contributed by atoms with Crippen LogP contribution in [0.5, 0.6) is 5.75 Å². The van der Waals surface area contributed by atoms with Gasteiger partial charge in [0.25, 0.3) is 0 Å². The average Bonchev–Trinajstić information content (AvgIpc) is 2.80. The smallest absolute Gasteiger partial charge is 0.374 e. The van der Waals surface area contributed by atoms with Gasteiger partial charge in [0, 0.05) is 35.5 Å². The summed E-state index contributed by atoms with van der Waals surface area (Å²) in [5, 5.41) is 9.92. The monoisotopic (exact) mass is 507 g/mol. The molecule has 3 aromatic rings. The van der Waals surface area contributed by atoms with Gasteiger partial charge in [0.1, 0.15) is 12.4 Å². The second-order valence-electron chi connectivity index (χ2n) is 8.10. The molecule has 0 saturated heterocycles. The molecule has 0 saturated carbocycles. The normalized spacial score (nSPS) is 11.7. The second-order valence-corrected chi connectivity index (χ2v) is 8.97. The molecule has 0 spiro atoms. The van der Waals surface area contributed by atoms with Gasteiger partial charge in [0.15, 0.2) is 0 Å². The van der Waals surface area contributed by atoms with Gasteiger partial charge in [0.2, 0.25) is 0 Å². The van der Waals surface area contributed by atoms with Crippen molar-refractivity contribution in [2.75, 3.05) is 26.7 Å². The number of likely N-dealkylation sites (N-methyl/N-ethyl adjacent to an activating group) is 1. The zero-order valence-electron chi connectivity index (χ0n) is 18.6. The van der Waals surface area contributed by atoms with E-state index in [1.807, 2.05) is 55.6 Å². The van der Waals surface area contributed by atoms with Gasteiger partial charge in [-0.15, -0.1) is 0 Å². The SMILES string of the molecule is CN(CCOc1ccc(CC(F)(F)C(=O)O)cc1)CC(c1ccc(Cl)cc1)c1ccc(Cl)cc1. The van der Waals surface area contributed by atoms with Crippen LogP contribution in [0.15, 0.2) is 72.8 Å². The van der Waals surface area contributed by atoms with Crippen LogP contribution >= 0.6 is 23.2 Å². The highest BCUT2D eigenvalue weighted by Crippen LogP contribution is 2.28. The van der Waals surface area contributed by atoms with E-state index in [0.717, 1.165) is 17.7 Å². The number of carbonyl (C=O) groups is 1. The minimum atomic E-state index is -3.80. The lowest BCUT2D eigenvalue weighted by Crippen LogP contribution is -2.30. The number of carboxylic acids is 1. The molecule has 0 aliphatic heterocycles. The summed E-state index contributed by atoms with van der Waals surface area (Å²) >= 11 is 12.1. The van der Waals surface area contributed by atoms with Crippen molar-refractivity contribution in [3.63, 3.8) is 0 Å². The third kappa shape index (κ3) is 7.42. The van der Waals surface area contributed by atoms with Crippen molar-refractivity contribution in [3.8, 4) is 5.75 Å². The lowest BCUT2D eigenvalue weighted by Gasteiger charge is -2.25. The van der Waals surface area contributed by atoms with Crippen LogP contribution in [0.25, 0.3) is 0 Å². The highest BCUT2D eigenvalue weighted by atomic mass is 35.5. The molecule has 4 nitrogen and oxygen atoms in total. The van der Waals surface area contributed by atoms with Crippen molar-refractivity contribution in [1.29, 1.82) is 0 Å². The summed E-state index contributed by atoms with van der Waals surface area (Å²) in [6.45, 7) is 1.77. The molecule has 3 aromatic carbocycles. The summed E-state index contributed by atoms with van der Waals surface area (Å²) < 4.78 is 32.5. The predicted molar refractivity (Wildman–Crippen MR) is 130 cm³/mol. The first-order chi connectivity index (χ1) is 16.1. The molecule has 0 radical (unpaired) electrons. The summed E-state index contributed by atoms with van der Waals surface area (Å²) in [5.41, 5.74) is 2.49. The zero-order chi connectivity index (χ0) is 24.7. The van der Waals surface area contributed by atoms with Gasteiger partial charge in [-0.2, -0.15) is 8.78 Å². The topological polar surface area (TPSA) is 49.8 Å². The summed E-state index contributed by atoms with van der Waals surface area (Å²) in [6.07, 6.45) is -0.859. The van der Waals surface area contributed by atoms with Gasteiger partial charge >= 0.3 is 11.9 Å². The molecular formula is C26H25Cl2F2NO3. The lowest BCUT2D eigenvalue weighted by molar-refractivity contribution is -0.164. The van der Waals surface area contributed by atoms with Gasteiger partial charge in [-0.3, -0.25) is 0 Å². The Morgan fingerprint density at radius 2 is 1.44 bits per heavy atom. The quantitative estimate of drug-likeness (QED) is 0.326. The number of rotatable bonds is 11. The number of hydrogen-bond donors (Lipinski definition) is 1. The average molecular weight is 508 g/mol. The molecule has 0 fully saturated rings. The van der Waals surface area contributed by atoms with Crippen molar-refractivity contribution in [2.24, 2.45) is 0 Å². The lowest BCUT2D eigenvalue weighted by atomic mass is 9.91. The molecule has 0 bridgehead atoms. The van der Waals surface area contributed by atoms with Crippen molar-refractivity contribution in [2.45, 2.75) is 18.3 Å². The minimum absolute atomic E-state index is 0.106. The summed E-state index contributed by atoms with van der Waals surface area (Å²) in [6, 6.07) is 21.6. The number of nitrogens with zero attached hydrogens (tertiary/aromatic N) is 1. The fourth-order valence-electron chi connectivity index (χ4n) is 3.55. The number of hydrogen-bond acceptors (Lipinski definition) is 3. The van der Waals surface area contributed by atoms with E-state index in [9.17, 15) is 13.6 Å². The van der Waals surface area contributed by atoms with Gasteiger partial charge in [-0.25, -0.2) is 4.79 Å². The first kappa shape index (κ1) is 25.9. The predicted octanol–water partition coefficient (Wildman–Crippen LogP) is 6.40. The van der Waals surface area contributed by atoms with E-state index in [1.165, 1.54) is 12.1 Å². The molecule has 0 amide bonds.